The van der Waals surface area contributed by atoms with Gasteiger partial charge in [0.05, 0.1) is 0 Å². The van der Waals surface area contributed by atoms with Crippen LogP contribution in [0.2, 0.25) is 5.02 Å². The van der Waals surface area contributed by atoms with E-state index in [9.17, 15) is 4.79 Å². The van der Waals surface area contributed by atoms with Gasteiger partial charge in [0.1, 0.15) is 0 Å². The Balaban J connectivity index is 1.33. The predicted octanol–water partition coefficient (Wildman–Crippen LogP) is 4.85. The summed E-state index contributed by atoms with van der Waals surface area (Å²) in [6.45, 7) is 1.76. The van der Waals surface area contributed by atoms with Crippen molar-refractivity contribution in [1.29, 1.82) is 0 Å². The molecule has 1 aliphatic heterocycles. The zero-order valence-corrected chi connectivity index (χ0v) is 16.3. The molecule has 2 aromatic rings. The second kappa shape index (κ2) is 10.3. The summed E-state index contributed by atoms with van der Waals surface area (Å²) in [7, 11) is 0. The van der Waals surface area contributed by atoms with Crippen LogP contribution in [0.4, 0.5) is 10.5 Å². The molecule has 1 heterocycles. The molecule has 0 aromatic heterocycles. The Morgan fingerprint density at radius 3 is 2.81 bits per heavy atom. The first-order chi connectivity index (χ1) is 13.2. The number of nitrogens with one attached hydrogen (secondary N) is 3. The molecule has 1 saturated heterocycles. The zero-order valence-electron chi connectivity index (χ0n) is 15.6. The van der Waals surface area contributed by atoms with Crippen LogP contribution in [-0.4, -0.2) is 25.2 Å². The second-order valence-corrected chi connectivity index (χ2v) is 7.70. The second-order valence-electron chi connectivity index (χ2n) is 7.26. The molecule has 144 valence electrons. The maximum absolute atomic E-state index is 11.9. The molecule has 5 heteroatoms. The van der Waals surface area contributed by atoms with Gasteiger partial charge in [-0.25, -0.2) is 4.79 Å². The first-order valence-electron chi connectivity index (χ1n) is 9.77. The molecule has 2 aromatic carbocycles. The number of anilines is 1. The number of carbonyl (C=O) groups excluding carboxylic acids is 1. The third kappa shape index (κ3) is 6.89. The van der Waals surface area contributed by atoms with Crippen LogP contribution in [-0.2, 0) is 6.42 Å². The molecule has 0 aliphatic carbocycles. The van der Waals surface area contributed by atoms with Crippen molar-refractivity contribution in [1.82, 2.24) is 10.6 Å². The highest BCUT2D eigenvalue weighted by Gasteiger charge is 2.21. The number of urea groups is 1. The molecule has 1 fully saturated rings. The molecule has 0 bridgehead atoms. The number of hydrogen-bond acceptors (Lipinski definition) is 2. The van der Waals surface area contributed by atoms with Crippen molar-refractivity contribution < 1.29 is 4.79 Å². The first kappa shape index (κ1) is 19.7. The minimum atomic E-state index is -0.184. The Morgan fingerprint density at radius 1 is 1.15 bits per heavy atom. The van der Waals surface area contributed by atoms with Crippen LogP contribution in [0.5, 0.6) is 0 Å². The SMILES string of the molecule is O=C(NCCC[C@@H]1C[C@@H](Cc2ccccc2)CCN1)Nc1cccc(Cl)c1. The molecule has 3 rings (SSSR count). The average Bonchev–Trinajstić information content (AvgIpc) is 2.66. The van der Waals surface area contributed by atoms with E-state index < -0.39 is 0 Å². The van der Waals surface area contributed by atoms with Gasteiger partial charge in [0.15, 0.2) is 0 Å². The predicted molar refractivity (Wildman–Crippen MR) is 112 cm³/mol. The Morgan fingerprint density at radius 2 is 2.00 bits per heavy atom. The Bertz CT molecular complexity index is 723. The summed E-state index contributed by atoms with van der Waals surface area (Å²) >= 11 is 5.93. The van der Waals surface area contributed by atoms with Crippen LogP contribution in [0.1, 0.15) is 31.2 Å². The van der Waals surface area contributed by atoms with E-state index in [0.717, 1.165) is 25.3 Å². The number of benzene rings is 2. The smallest absolute Gasteiger partial charge is 0.319 e. The van der Waals surface area contributed by atoms with E-state index in [1.165, 1.54) is 24.8 Å². The number of piperidine rings is 1. The van der Waals surface area contributed by atoms with Gasteiger partial charge >= 0.3 is 6.03 Å². The lowest BCUT2D eigenvalue weighted by molar-refractivity contribution is 0.250. The van der Waals surface area contributed by atoms with Crippen LogP contribution >= 0.6 is 11.6 Å². The molecule has 2 amide bonds. The van der Waals surface area contributed by atoms with E-state index in [0.29, 0.717) is 23.3 Å². The van der Waals surface area contributed by atoms with Crippen molar-refractivity contribution in [3.05, 3.63) is 65.2 Å². The van der Waals surface area contributed by atoms with Crippen LogP contribution < -0.4 is 16.0 Å². The molecule has 1 aliphatic rings. The summed E-state index contributed by atoms with van der Waals surface area (Å²) in [4.78, 5) is 11.9. The third-order valence-electron chi connectivity index (χ3n) is 5.07. The van der Waals surface area contributed by atoms with E-state index >= 15 is 0 Å². The monoisotopic (exact) mass is 385 g/mol. The van der Waals surface area contributed by atoms with Crippen LogP contribution in [0.15, 0.2) is 54.6 Å². The van der Waals surface area contributed by atoms with E-state index in [1.807, 2.05) is 12.1 Å². The molecule has 0 radical (unpaired) electrons. The topological polar surface area (TPSA) is 53.2 Å². The van der Waals surface area contributed by atoms with E-state index in [2.05, 4.69) is 46.3 Å². The molecule has 2 atom stereocenters. The molecular formula is C22H28ClN3O. The highest BCUT2D eigenvalue weighted by atomic mass is 35.5. The van der Waals surface area contributed by atoms with Gasteiger partial charge in [-0.1, -0.05) is 48.0 Å². The van der Waals surface area contributed by atoms with Gasteiger partial charge < -0.3 is 16.0 Å². The van der Waals surface area contributed by atoms with Gasteiger partial charge in [0.25, 0.3) is 0 Å². The number of carbonyl (C=O) groups is 1. The fourth-order valence-corrected chi connectivity index (χ4v) is 3.93. The number of rotatable bonds is 7. The lowest BCUT2D eigenvalue weighted by Gasteiger charge is -2.30. The summed E-state index contributed by atoms with van der Waals surface area (Å²) in [6, 6.07) is 18.3. The summed E-state index contributed by atoms with van der Waals surface area (Å²) in [6.07, 6.45) is 5.68. The minimum Gasteiger partial charge on any atom is -0.338 e. The molecule has 27 heavy (non-hydrogen) atoms. The van der Waals surface area contributed by atoms with Crippen molar-refractivity contribution in [2.24, 2.45) is 5.92 Å². The molecule has 4 nitrogen and oxygen atoms in total. The lowest BCUT2D eigenvalue weighted by atomic mass is 9.86. The fourth-order valence-electron chi connectivity index (χ4n) is 3.74. The summed E-state index contributed by atoms with van der Waals surface area (Å²) in [5.74, 6) is 0.748. The highest BCUT2D eigenvalue weighted by molar-refractivity contribution is 6.30. The van der Waals surface area contributed by atoms with Crippen LogP contribution in [0, 0.1) is 5.92 Å². The normalized spacial score (nSPS) is 19.4. The van der Waals surface area contributed by atoms with Gasteiger partial charge in [-0.3, -0.25) is 0 Å². The van der Waals surface area contributed by atoms with Crippen molar-refractivity contribution in [2.45, 2.75) is 38.1 Å². The van der Waals surface area contributed by atoms with Crippen molar-refractivity contribution in [3.8, 4) is 0 Å². The highest BCUT2D eigenvalue weighted by Crippen LogP contribution is 2.23. The lowest BCUT2D eigenvalue weighted by Crippen LogP contribution is -2.39. The summed E-state index contributed by atoms with van der Waals surface area (Å²) in [5.41, 5.74) is 2.14. The number of hydrogen-bond donors (Lipinski definition) is 3. The van der Waals surface area contributed by atoms with Gasteiger partial charge in [-0.05, 0) is 68.3 Å². The average molecular weight is 386 g/mol. The maximum Gasteiger partial charge on any atom is 0.319 e. The first-order valence-corrected chi connectivity index (χ1v) is 10.1. The standard InChI is InChI=1S/C22H28ClN3O/c23-19-8-4-9-21(16-19)26-22(27)25-12-5-10-20-15-18(11-13-24-20)14-17-6-2-1-3-7-17/h1-4,6-9,16,18,20,24H,5,10-15H2,(H2,25,26,27)/t18-,20-/m1/s1. The Kier molecular flexibility index (Phi) is 7.55. The summed E-state index contributed by atoms with van der Waals surface area (Å²) in [5, 5.41) is 9.96. The van der Waals surface area contributed by atoms with Crippen LogP contribution in [0.25, 0.3) is 0 Å². The van der Waals surface area contributed by atoms with Gasteiger partial charge in [-0.2, -0.15) is 0 Å². The van der Waals surface area contributed by atoms with E-state index in [1.54, 1.807) is 12.1 Å². The van der Waals surface area contributed by atoms with Crippen molar-refractivity contribution in [3.63, 3.8) is 0 Å². The molecule has 3 N–H and O–H groups in total. The number of amides is 2. The van der Waals surface area contributed by atoms with Gasteiger partial charge in [-0.15, -0.1) is 0 Å². The zero-order chi connectivity index (χ0) is 18.9. The Labute approximate surface area is 166 Å². The molecule has 0 spiro atoms. The quantitative estimate of drug-likeness (QED) is 0.596. The fraction of sp³-hybridized carbons (Fsp3) is 0.409. The van der Waals surface area contributed by atoms with Crippen molar-refractivity contribution in [2.75, 3.05) is 18.4 Å². The van der Waals surface area contributed by atoms with Gasteiger partial charge in [0.2, 0.25) is 0 Å². The van der Waals surface area contributed by atoms with E-state index in [-0.39, 0.29) is 6.03 Å². The molecule has 0 saturated carbocycles. The van der Waals surface area contributed by atoms with Gasteiger partial charge in [0, 0.05) is 23.3 Å². The Hall–Kier alpha value is -2.04. The minimum absolute atomic E-state index is 0.184. The largest absolute Gasteiger partial charge is 0.338 e. The maximum atomic E-state index is 11.9. The summed E-state index contributed by atoms with van der Waals surface area (Å²) < 4.78 is 0. The molecule has 0 unspecified atom stereocenters. The third-order valence-corrected chi connectivity index (χ3v) is 5.30. The van der Waals surface area contributed by atoms with Crippen LogP contribution in [0.3, 0.4) is 0 Å². The number of halogens is 1. The van der Waals surface area contributed by atoms with Crippen molar-refractivity contribution >= 4 is 23.3 Å². The van der Waals surface area contributed by atoms with E-state index in [4.69, 9.17) is 11.6 Å². The molecular weight excluding hydrogens is 358 g/mol.